The van der Waals surface area contributed by atoms with Crippen LogP contribution in [0.15, 0.2) is 97.1 Å². The molecule has 0 aliphatic carbocycles. The number of hydrogen-bond acceptors (Lipinski definition) is 6. The molecular weight excluding hydrogens is 556 g/mol. The number of likely N-dealkylation sites (tertiary alicyclic amines) is 1. The number of nitrogens with zero attached hydrogens (tertiary/aromatic N) is 2. The van der Waals surface area contributed by atoms with Gasteiger partial charge in [0.25, 0.3) is 5.91 Å². The van der Waals surface area contributed by atoms with Gasteiger partial charge in [0.05, 0.1) is 25.2 Å². The standard InChI is InChI=1S/C36H36N2O6/c1-2-35-18-9-4-10-21-43-34(42)30(35)29-32(40)38(28(23-39)25-13-5-3-6-14-25)31-33(41)37(20-11-19-36(29,31)44-35)27-17-16-24-12-7-8-15-26(24)22-27/h3,5-9,11-19,22,28-31,39H,2,4,10,20-21,23H2,1H3/b18-9-/t28-,29+,30-,31?,35+,36+/m1/s1. The first kappa shape index (κ1) is 28.5. The predicted molar refractivity (Wildman–Crippen MR) is 165 cm³/mol. The summed E-state index contributed by atoms with van der Waals surface area (Å²) in [6, 6.07) is 21.0. The van der Waals surface area contributed by atoms with E-state index in [1.807, 2.05) is 104 Å². The predicted octanol–water partition coefficient (Wildman–Crippen LogP) is 4.73. The molecule has 8 heteroatoms. The van der Waals surface area contributed by atoms with E-state index < -0.39 is 53.6 Å². The Hall–Kier alpha value is -4.27. The number of carbonyl (C=O) groups is 3. The molecule has 0 bridgehead atoms. The Morgan fingerprint density at radius 1 is 0.909 bits per heavy atom. The van der Waals surface area contributed by atoms with Crippen molar-refractivity contribution in [1.82, 2.24) is 4.90 Å². The fourth-order valence-corrected chi connectivity index (χ4v) is 7.76. The van der Waals surface area contributed by atoms with Gasteiger partial charge in [0.1, 0.15) is 23.2 Å². The molecule has 4 aliphatic heterocycles. The average molecular weight is 593 g/mol. The van der Waals surface area contributed by atoms with Crippen LogP contribution in [0.2, 0.25) is 0 Å². The molecule has 1 unspecified atom stereocenters. The lowest BCUT2D eigenvalue weighted by Gasteiger charge is -2.41. The van der Waals surface area contributed by atoms with Gasteiger partial charge in [-0.15, -0.1) is 0 Å². The van der Waals surface area contributed by atoms with Crippen LogP contribution in [-0.2, 0) is 23.9 Å². The molecule has 1 N–H and O–H groups in total. The summed E-state index contributed by atoms with van der Waals surface area (Å²) in [5.74, 6) is -3.20. The minimum Gasteiger partial charge on any atom is -0.465 e. The highest BCUT2D eigenvalue weighted by Crippen LogP contribution is 2.59. The van der Waals surface area contributed by atoms with Crippen molar-refractivity contribution in [2.24, 2.45) is 11.8 Å². The van der Waals surface area contributed by atoms with Gasteiger partial charge in [-0.05, 0) is 47.7 Å². The Bertz CT molecular complexity index is 1670. The minimum absolute atomic E-state index is 0.244. The lowest BCUT2D eigenvalue weighted by molar-refractivity contribution is -0.161. The van der Waals surface area contributed by atoms with Gasteiger partial charge in [0.15, 0.2) is 0 Å². The molecule has 0 aromatic heterocycles. The van der Waals surface area contributed by atoms with Crippen LogP contribution >= 0.6 is 0 Å². The van der Waals surface area contributed by atoms with Crippen molar-refractivity contribution in [1.29, 1.82) is 0 Å². The van der Waals surface area contributed by atoms with Gasteiger partial charge < -0.3 is 24.4 Å². The van der Waals surface area contributed by atoms with E-state index in [2.05, 4.69) is 0 Å². The highest BCUT2D eigenvalue weighted by molar-refractivity contribution is 6.06. The summed E-state index contributed by atoms with van der Waals surface area (Å²) in [6.45, 7) is 2.03. The number of ether oxygens (including phenoxy) is 2. The van der Waals surface area contributed by atoms with Crippen LogP contribution in [0.5, 0.6) is 0 Å². The van der Waals surface area contributed by atoms with E-state index in [-0.39, 0.29) is 19.1 Å². The average Bonchev–Trinajstić information content (AvgIpc) is 3.43. The van der Waals surface area contributed by atoms with Gasteiger partial charge in [-0.1, -0.05) is 91.9 Å². The Morgan fingerprint density at radius 2 is 1.68 bits per heavy atom. The first-order valence-electron chi connectivity index (χ1n) is 15.4. The van der Waals surface area contributed by atoms with Crippen LogP contribution in [0.4, 0.5) is 5.69 Å². The summed E-state index contributed by atoms with van der Waals surface area (Å²) in [4.78, 5) is 46.8. The Morgan fingerprint density at radius 3 is 2.45 bits per heavy atom. The summed E-state index contributed by atoms with van der Waals surface area (Å²) in [5.41, 5.74) is -1.20. The first-order chi connectivity index (χ1) is 21.4. The third kappa shape index (κ3) is 4.23. The second kappa shape index (κ2) is 11.0. The Labute approximate surface area is 256 Å². The maximum atomic E-state index is 15.0. The van der Waals surface area contributed by atoms with Crippen LogP contribution < -0.4 is 4.90 Å². The molecule has 2 saturated heterocycles. The summed E-state index contributed by atoms with van der Waals surface area (Å²) < 4.78 is 12.8. The zero-order valence-corrected chi connectivity index (χ0v) is 24.7. The third-order valence-corrected chi connectivity index (χ3v) is 9.81. The fourth-order valence-electron chi connectivity index (χ4n) is 7.76. The summed E-state index contributed by atoms with van der Waals surface area (Å²) in [7, 11) is 0. The van der Waals surface area contributed by atoms with E-state index in [4.69, 9.17) is 9.47 Å². The molecule has 3 aromatic carbocycles. The second-order valence-corrected chi connectivity index (χ2v) is 12.1. The second-order valence-electron chi connectivity index (χ2n) is 12.1. The van der Waals surface area contributed by atoms with Gasteiger partial charge >= 0.3 is 5.97 Å². The summed E-state index contributed by atoms with van der Waals surface area (Å²) in [6.07, 6.45) is 9.41. The van der Waals surface area contributed by atoms with Crippen molar-refractivity contribution in [3.05, 3.63) is 103 Å². The number of fused-ring (bicyclic) bond motifs is 3. The monoisotopic (exact) mass is 592 g/mol. The van der Waals surface area contributed by atoms with E-state index >= 15 is 0 Å². The van der Waals surface area contributed by atoms with Gasteiger partial charge in [-0.3, -0.25) is 14.4 Å². The van der Waals surface area contributed by atoms with E-state index in [1.54, 1.807) is 4.90 Å². The number of carbonyl (C=O) groups excluding carboxylic acids is 3. The van der Waals surface area contributed by atoms with Gasteiger partial charge in [-0.2, -0.15) is 0 Å². The topological polar surface area (TPSA) is 96.4 Å². The van der Waals surface area contributed by atoms with Gasteiger partial charge in [0, 0.05) is 12.2 Å². The fraction of sp³-hybridized carbons (Fsp3) is 0.361. The molecule has 6 atom stereocenters. The zero-order chi connectivity index (χ0) is 30.5. The van der Waals surface area contributed by atoms with Crippen molar-refractivity contribution in [2.75, 3.05) is 24.7 Å². The lowest BCUT2D eigenvalue weighted by atomic mass is 9.73. The van der Waals surface area contributed by atoms with Crippen molar-refractivity contribution >= 4 is 34.2 Å². The molecule has 2 amide bonds. The molecule has 8 nitrogen and oxygen atoms in total. The SMILES string of the molecule is CC[C@]12/C=C\CCCOC(=O)[C@H]1[C@H]1C(=O)N([C@H](CO)c3ccccc3)C3C(=O)N(c4ccc5ccccc5c4)CC=C[C@@]31O2. The molecule has 4 heterocycles. The van der Waals surface area contributed by atoms with Gasteiger partial charge in [-0.25, -0.2) is 0 Å². The number of aliphatic hydroxyl groups excluding tert-OH is 1. The van der Waals surface area contributed by atoms with Crippen molar-refractivity contribution in [2.45, 2.75) is 49.5 Å². The summed E-state index contributed by atoms with van der Waals surface area (Å²) in [5, 5.41) is 12.8. The molecule has 0 saturated carbocycles. The molecule has 44 heavy (non-hydrogen) atoms. The maximum absolute atomic E-state index is 15.0. The van der Waals surface area contributed by atoms with Crippen molar-refractivity contribution in [3.63, 3.8) is 0 Å². The minimum atomic E-state index is -1.45. The highest BCUT2D eigenvalue weighted by atomic mass is 16.6. The van der Waals surface area contributed by atoms with Crippen LogP contribution in [0, 0.1) is 11.8 Å². The molecule has 3 aromatic rings. The number of rotatable bonds is 5. The van der Waals surface area contributed by atoms with E-state index in [9.17, 15) is 19.5 Å². The van der Waals surface area contributed by atoms with E-state index in [1.165, 1.54) is 4.90 Å². The maximum Gasteiger partial charge on any atom is 0.313 e. The zero-order valence-electron chi connectivity index (χ0n) is 24.7. The number of esters is 1. The van der Waals surface area contributed by atoms with Crippen LogP contribution in [0.25, 0.3) is 10.8 Å². The Kier molecular flexibility index (Phi) is 7.14. The van der Waals surface area contributed by atoms with E-state index in [0.29, 0.717) is 30.5 Å². The van der Waals surface area contributed by atoms with Crippen LogP contribution in [-0.4, -0.2) is 64.8 Å². The number of allylic oxidation sites excluding steroid dienone is 1. The quantitative estimate of drug-likeness (QED) is 0.340. The lowest BCUT2D eigenvalue weighted by Crippen LogP contribution is -2.57. The number of aliphatic hydroxyl groups is 1. The number of amides is 2. The molecular formula is C36H36N2O6. The number of cyclic esters (lactones) is 1. The number of hydrogen-bond donors (Lipinski definition) is 1. The molecule has 1 spiro atoms. The van der Waals surface area contributed by atoms with Crippen LogP contribution in [0.1, 0.15) is 37.8 Å². The highest BCUT2D eigenvalue weighted by Gasteiger charge is 2.76. The number of benzene rings is 3. The Balaban J connectivity index is 1.41. The molecule has 7 rings (SSSR count). The molecule has 0 radical (unpaired) electrons. The summed E-state index contributed by atoms with van der Waals surface area (Å²) >= 11 is 0. The molecule has 2 fully saturated rings. The third-order valence-electron chi connectivity index (χ3n) is 9.81. The van der Waals surface area contributed by atoms with Gasteiger partial charge in [0.2, 0.25) is 5.91 Å². The largest absolute Gasteiger partial charge is 0.465 e. The van der Waals surface area contributed by atoms with E-state index in [0.717, 1.165) is 10.8 Å². The molecule has 4 aliphatic rings. The molecule has 226 valence electrons. The van der Waals surface area contributed by atoms with Crippen LogP contribution in [0.3, 0.4) is 0 Å². The van der Waals surface area contributed by atoms with Crippen molar-refractivity contribution < 1.29 is 29.0 Å². The number of anilines is 1. The normalized spacial score (nSPS) is 31.3. The smallest absolute Gasteiger partial charge is 0.313 e. The van der Waals surface area contributed by atoms with Crippen molar-refractivity contribution in [3.8, 4) is 0 Å². The first-order valence-corrected chi connectivity index (χ1v) is 15.4.